The number of ether oxygens (including phenoxy) is 1. The molecule has 2 aromatic heterocycles. The highest BCUT2D eigenvalue weighted by Gasteiger charge is 2.36. The highest BCUT2D eigenvalue weighted by molar-refractivity contribution is 5.99. The normalized spacial score (nSPS) is 21.0. The number of hydrogen-bond donors (Lipinski definition) is 3. The average Bonchev–Trinajstić information content (AvgIpc) is 3.45. The summed E-state index contributed by atoms with van der Waals surface area (Å²) < 4.78 is 6.02. The van der Waals surface area contributed by atoms with Crippen molar-refractivity contribution in [1.82, 2.24) is 20.3 Å². The topological polar surface area (TPSA) is 104 Å². The lowest BCUT2D eigenvalue weighted by molar-refractivity contribution is 0.0301. The molecule has 0 saturated carbocycles. The van der Waals surface area contributed by atoms with Crippen molar-refractivity contribution >= 4 is 23.2 Å². The molecular formula is C24H25N7O2. The summed E-state index contributed by atoms with van der Waals surface area (Å²) in [6, 6.07) is 10.8. The number of benzene rings is 1. The third kappa shape index (κ3) is 4.12. The number of hydrogen-bond acceptors (Lipinski definition) is 7. The second-order valence-electron chi connectivity index (χ2n) is 8.66. The molecule has 2 bridgehead atoms. The summed E-state index contributed by atoms with van der Waals surface area (Å²) in [6.45, 7) is 3.32. The quantitative estimate of drug-likeness (QED) is 0.569. The van der Waals surface area contributed by atoms with Crippen molar-refractivity contribution in [3.63, 3.8) is 0 Å². The van der Waals surface area contributed by atoms with Crippen LogP contribution in [0.1, 0.15) is 24.1 Å². The molecule has 2 atom stereocenters. The fourth-order valence-corrected chi connectivity index (χ4v) is 4.76. The van der Waals surface area contributed by atoms with Gasteiger partial charge < -0.3 is 25.6 Å². The maximum atomic E-state index is 12.2. The molecule has 9 heteroatoms. The summed E-state index contributed by atoms with van der Waals surface area (Å²) in [5.74, 6) is 1.73. The Bertz CT molecular complexity index is 1160. The van der Waals surface area contributed by atoms with Crippen LogP contribution in [0.4, 0.5) is 22.0 Å². The maximum absolute atomic E-state index is 12.2. The van der Waals surface area contributed by atoms with E-state index < -0.39 is 0 Å². The van der Waals surface area contributed by atoms with E-state index in [1.165, 1.54) is 5.56 Å². The lowest BCUT2D eigenvalue weighted by Gasteiger charge is -2.34. The van der Waals surface area contributed by atoms with Crippen LogP contribution in [0.15, 0.2) is 48.8 Å². The van der Waals surface area contributed by atoms with Gasteiger partial charge in [0.2, 0.25) is 0 Å². The lowest BCUT2D eigenvalue weighted by Crippen LogP contribution is -2.43. The second kappa shape index (κ2) is 8.42. The average molecular weight is 444 g/mol. The Morgan fingerprint density at radius 2 is 1.79 bits per heavy atom. The Hall–Kier alpha value is -3.56. The monoisotopic (exact) mass is 443 g/mol. The van der Waals surface area contributed by atoms with Crippen LogP contribution in [0.3, 0.4) is 0 Å². The van der Waals surface area contributed by atoms with Crippen LogP contribution in [0.5, 0.6) is 0 Å². The first-order chi connectivity index (χ1) is 16.2. The van der Waals surface area contributed by atoms with Crippen molar-refractivity contribution < 1.29 is 9.53 Å². The van der Waals surface area contributed by atoms with Crippen LogP contribution in [0.25, 0.3) is 11.4 Å². The van der Waals surface area contributed by atoms with Gasteiger partial charge in [0.05, 0.1) is 29.8 Å². The van der Waals surface area contributed by atoms with Gasteiger partial charge in [-0.25, -0.2) is 14.8 Å². The number of nitrogens with zero attached hydrogens (tertiary/aromatic N) is 4. The molecule has 168 valence electrons. The number of fused-ring (bicyclic) bond motifs is 3. The van der Waals surface area contributed by atoms with Crippen molar-refractivity contribution in [2.75, 3.05) is 28.6 Å². The molecule has 5 heterocycles. The first kappa shape index (κ1) is 20.1. The molecular weight excluding hydrogens is 418 g/mol. The van der Waals surface area contributed by atoms with E-state index in [1.807, 2.05) is 24.3 Å². The van der Waals surface area contributed by atoms with E-state index in [0.29, 0.717) is 29.4 Å². The fraction of sp³-hybridized carbons (Fsp3) is 0.333. The molecule has 1 aromatic carbocycles. The van der Waals surface area contributed by atoms with Gasteiger partial charge in [-0.1, -0.05) is 0 Å². The standard InChI is InChI=1S/C24H25N7O2/c32-24(28-17-2-1-9-25-10-17)27-16-5-3-15(4-6-16)22-29-21-12-26-11-20(21)23(30-22)31-13-18-7-8-19(14-31)33-18/h1-6,9-10,18-19,26H,7-8,11-14H2,(H2,27,28,32). The Kier molecular flexibility index (Phi) is 5.12. The van der Waals surface area contributed by atoms with Crippen molar-refractivity contribution in [2.45, 2.75) is 38.1 Å². The number of amides is 2. The fourth-order valence-electron chi connectivity index (χ4n) is 4.76. The van der Waals surface area contributed by atoms with Gasteiger partial charge in [0, 0.05) is 49.2 Å². The van der Waals surface area contributed by atoms with E-state index in [9.17, 15) is 4.79 Å². The van der Waals surface area contributed by atoms with Crippen LogP contribution >= 0.6 is 0 Å². The highest BCUT2D eigenvalue weighted by atomic mass is 16.5. The molecule has 0 aliphatic carbocycles. The van der Waals surface area contributed by atoms with E-state index in [2.05, 4.69) is 25.8 Å². The zero-order valence-corrected chi connectivity index (χ0v) is 18.1. The summed E-state index contributed by atoms with van der Waals surface area (Å²) in [7, 11) is 0. The number of morpholine rings is 1. The molecule has 33 heavy (non-hydrogen) atoms. The molecule has 2 unspecified atom stereocenters. The number of urea groups is 1. The first-order valence-electron chi connectivity index (χ1n) is 11.3. The van der Waals surface area contributed by atoms with Gasteiger partial charge in [-0.05, 0) is 49.2 Å². The number of aromatic nitrogens is 3. The predicted molar refractivity (Wildman–Crippen MR) is 125 cm³/mol. The molecule has 3 aromatic rings. The third-order valence-corrected chi connectivity index (χ3v) is 6.33. The van der Waals surface area contributed by atoms with Gasteiger partial charge in [0.25, 0.3) is 0 Å². The van der Waals surface area contributed by atoms with Crippen molar-refractivity contribution in [2.24, 2.45) is 0 Å². The van der Waals surface area contributed by atoms with Gasteiger partial charge in [0.15, 0.2) is 5.82 Å². The Morgan fingerprint density at radius 1 is 1.00 bits per heavy atom. The number of carbonyl (C=O) groups excluding carboxylic acids is 1. The zero-order valence-electron chi connectivity index (χ0n) is 18.1. The zero-order chi connectivity index (χ0) is 22.2. The Morgan fingerprint density at radius 3 is 2.55 bits per heavy atom. The molecule has 9 nitrogen and oxygen atoms in total. The van der Waals surface area contributed by atoms with Crippen LogP contribution < -0.4 is 20.9 Å². The second-order valence-corrected chi connectivity index (χ2v) is 8.66. The predicted octanol–water partition coefficient (Wildman–Crippen LogP) is 3.15. The SMILES string of the molecule is O=C(Nc1ccc(-c2nc3c(c(N4CC5CCC(C4)O5)n2)CNC3)cc1)Nc1cccnc1. The smallest absolute Gasteiger partial charge is 0.323 e. The lowest BCUT2D eigenvalue weighted by atomic mass is 10.1. The minimum absolute atomic E-state index is 0.301. The number of nitrogens with one attached hydrogen (secondary N) is 3. The van der Waals surface area contributed by atoms with Crippen molar-refractivity contribution in [3.8, 4) is 11.4 Å². The number of carbonyl (C=O) groups is 1. The van der Waals surface area contributed by atoms with Gasteiger partial charge in [-0.3, -0.25) is 4.98 Å². The van der Waals surface area contributed by atoms with E-state index in [4.69, 9.17) is 14.7 Å². The van der Waals surface area contributed by atoms with Gasteiger partial charge in [-0.15, -0.1) is 0 Å². The van der Waals surface area contributed by atoms with Crippen LogP contribution in [0.2, 0.25) is 0 Å². The summed E-state index contributed by atoms with van der Waals surface area (Å²) >= 11 is 0. The highest BCUT2D eigenvalue weighted by Crippen LogP contribution is 2.34. The first-order valence-corrected chi connectivity index (χ1v) is 11.3. The van der Waals surface area contributed by atoms with Gasteiger partial charge in [0.1, 0.15) is 5.82 Å². The largest absolute Gasteiger partial charge is 0.371 e. The van der Waals surface area contributed by atoms with E-state index in [1.54, 1.807) is 24.5 Å². The van der Waals surface area contributed by atoms with Crippen molar-refractivity contribution in [1.29, 1.82) is 0 Å². The number of rotatable bonds is 4. The summed E-state index contributed by atoms with van der Waals surface area (Å²) in [5, 5.41) is 9.02. The molecule has 0 spiro atoms. The van der Waals surface area contributed by atoms with Crippen LogP contribution in [-0.4, -0.2) is 46.3 Å². The van der Waals surface area contributed by atoms with E-state index >= 15 is 0 Å². The van der Waals surface area contributed by atoms with Gasteiger partial charge >= 0.3 is 6.03 Å². The molecule has 6 rings (SSSR count). The molecule has 2 fully saturated rings. The molecule has 3 aliphatic heterocycles. The van der Waals surface area contributed by atoms with Crippen molar-refractivity contribution in [3.05, 3.63) is 60.0 Å². The maximum Gasteiger partial charge on any atom is 0.323 e. The molecule has 3 N–H and O–H groups in total. The number of anilines is 3. The molecule has 0 radical (unpaired) electrons. The minimum atomic E-state index is -0.320. The Labute approximate surface area is 191 Å². The molecule has 3 aliphatic rings. The summed E-state index contributed by atoms with van der Waals surface area (Å²) in [6.07, 6.45) is 6.12. The van der Waals surface area contributed by atoms with Crippen LogP contribution in [0, 0.1) is 0 Å². The minimum Gasteiger partial charge on any atom is -0.371 e. The molecule has 2 saturated heterocycles. The summed E-state index contributed by atoms with van der Waals surface area (Å²) in [4.78, 5) is 28.5. The van der Waals surface area contributed by atoms with E-state index in [0.717, 1.165) is 56.1 Å². The summed E-state index contributed by atoms with van der Waals surface area (Å²) in [5.41, 5.74) is 4.50. The van der Waals surface area contributed by atoms with E-state index in [-0.39, 0.29) is 6.03 Å². The molecule has 2 amide bonds. The number of pyridine rings is 1. The van der Waals surface area contributed by atoms with Crippen LogP contribution in [-0.2, 0) is 17.8 Å². The third-order valence-electron chi connectivity index (χ3n) is 6.33. The van der Waals surface area contributed by atoms with Gasteiger partial charge in [-0.2, -0.15) is 0 Å². The Balaban J connectivity index is 1.22.